The van der Waals surface area contributed by atoms with Crippen LogP contribution in [0.3, 0.4) is 0 Å². The molecule has 0 aliphatic rings. The number of rotatable bonds is 5. The monoisotopic (exact) mass is 267 g/mol. The van der Waals surface area contributed by atoms with E-state index in [-0.39, 0.29) is 11.9 Å². The van der Waals surface area contributed by atoms with E-state index in [0.29, 0.717) is 0 Å². The highest BCUT2D eigenvalue weighted by molar-refractivity contribution is 5.94. The lowest BCUT2D eigenvalue weighted by molar-refractivity contribution is 0.0938. The Kier molecular flexibility index (Phi) is 4.94. The molecule has 0 bridgehead atoms. The van der Waals surface area contributed by atoms with Gasteiger partial charge in [-0.1, -0.05) is 48.0 Å². The number of benzene rings is 2. The van der Waals surface area contributed by atoms with Gasteiger partial charge in [-0.3, -0.25) is 4.79 Å². The Morgan fingerprint density at radius 3 is 2.55 bits per heavy atom. The first-order valence-electron chi connectivity index (χ1n) is 7.06. The maximum absolute atomic E-state index is 12.0. The third-order valence-corrected chi connectivity index (χ3v) is 3.36. The third kappa shape index (κ3) is 4.23. The molecule has 1 amide bonds. The van der Waals surface area contributed by atoms with E-state index < -0.39 is 0 Å². The Labute approximate surface area is 120 Å². The number of nitrogens with one attached hydrogen (secondary N) is 1. The van der Waals surface area contributed by atoms with E-state index in [1.807, 2.05) is 30.3 Å². The van der Waals surface area contributed by atoms with Crippen molar-refractivity contribution in [3.63, 3.8) is 0 Å². The molecule has 1 unspecified atom stereocenters. The first kappa shape index (κ1) is 14.3. The minimum Gasteiger partial charge on any atom is -0.350 e. The number of carbonyl (C=O) groups is 1. The summed E-state index contributed by atoms with van der Waals surface area (Å²) in [5, 5.41) is 3.04. The Balaban J connectivity index is 1.84. The van der Waals surface area contributed by atoms with E-state index in [0.717, 1.165) is 18.4 Å². The molecule has 0 radical (unpaired) electrons. The van der Waals surface area contributed by atoms with Crippen molar-refractivity contribution in [2.24, 2.45) is 0 Å². The molecule has 0 aliphatic carbocycles. The molecule has 2 nitrogen and oxygen atoms in total. The molecule has 1 atom stereocenters. The second-order valence-corrected chi connectivity index (χ2v) is 5.27. The van der Waals surface area contributed by atoms with Crippen molar-refractivity contribution < 1.29 is 4.79 Å². The molecule has 0 fully saturated rings. The van der Waals surface area contributed by atoms with Crippen LogP contribution < -0.4 is 5.32 Å². The topological polar surface area (TPSA) is 29.1 Å². The van der Waals surface area contributed by atoms with Gasteiger partial charge in [0.25, 0.3) is 5.91 Å². The molecule has 20 heavy (non-hydrogen) atoms. The number of hydrogen-bond acceptors (Lipinski definition) is 1. The minimum atomic E-state index is 0.00217. The number of aryl methyl sites for hydroxylation is 2. The second kappa shape index (κ2) is 6.90. The smallest absolute Gasteiger partial charge is 0.251 e. The van der Waals surface area contributed by atoms with Crippen LogP contribution in [0.5, 0.6) is 0 Å². The molecule has 2 aromatic rings. The fourth-order valence-electron chi connectivity index (χ4n) is 2.22. The summed E-state index contributed by atoms with van der Waals surface area (Å²) < 4.78 is 0. The van der Waals surface area contributed by atoms with E-state index in [1.54, 1.807) is 0 Å². The fraction of sp³-hybridized carbons (Fsp3) is 0.278. The van der Waals surface area contributed by atoms with E-state index in [9.17, 15) is 4.79 Å². The van der Waals surface area contributed by atoms with Gasteiger partial charge in [0.15, 0.2) is 0 Å². The molecule has 0 spiro atoms. The molecule has 2 aromatic carbocycles. The highest BCUT2D eigenvalue weighted by atomic mass is 16.1. The summed E-state index contributed by atoms with van der Waals surface area (Å²) in [6.07, 6.45) is 1.93. The zero-order valence-corrected chi connectivity index (χ0v) is 12.1. The average molecular weight is 267 g/mol. The van der Waals surface area contributed by atoms with E-state index >= 15 is 0 Å². The number of hydrogen-bond donors (Lipinski definition) is 1. The quantitative estimate of drug-likeness (QED) is 0.878. The molecular formula is C18H21NO. The lowest BCUT2D eigenvalue weighted by atomic mass is 10.0. The van der Waals surface area contributed by atoms with Gasteiger partial charge in [-0.2, -0.15) is 0 Å². The fourth-order valence-corrected chi connectivity index (χ4v) is 2.22. The highest BCUT2D eigenvalue weighted by Crippen LogP contribution is 2.08. The van der Waals surface area contributed by atoms with Crippen LogP contribution in [0.2, 0.25) is 0 Å². The van der Waals surface area contributed by atoms with Crippen molar-refractivity contribution in [2.45, 2.75) is 32.7 Å². The summed E-state index contributed by atoms with van der Waals surface area (Å²) in [7, 11) is 0. The van der Waals surface area contributed by atoms with Crippen molar-refractivity contribution in [1.29, 1.82) is 0 Å². The van der Waals surface area contributed by atoms with Crippen molar-refractivity contribution in [1.82, 2.24) is 5.32 Å². The van der Waals surface area contributed by atoms with Crippen LogP contribution in [-0.2, 0) is 6.42 Å². The van der Waals surface area contributed by atoms with Crippen LogP contribution >= 0.6 is 0 Å². The third-order valence-electron chi connectivity index (χ3n) is 3.36. The van der Waals surface area contributed by atoms with Crippen LogP contribution in [0.15, 0.2) is 54.6 Å². The summed E-state index contributed by atoms with van der Waals surface area (Å²) >= 11 is 0. The first-order chi connectivity index (χ1) is 9.65. The first-order valence-corrected chi connectivity index (χ1v) is 7.06. The predicted molar refractivity (Wildman–Crippen MR) is 82.9 cm³/mol. The van der Waals surface area contributed by atoms with Crippen LogP contribution in [0.4, 0.5) is 0 Å². The predicted octanol–water partition coefficient (Wildman–Crippen LogP) is 3.75. The lowest BCUT2D eigenvalue weighted by Gasteiger charge is -2.14. The molecule has 2 rings (SSSR count). The second-order valence-electron chi connectivity index (χ2n) is 5.27. The largest absolute Gasteiger partial charge is 0.350 e. The molecule has 0 aliphatic heterocycles. The van der Waals surface area contributed by atoms with E-state index in [4.69, 9.17) is 0 Å². The molecule has 0 heterocycles. The Morgan fingerprint density at radius 1 is 1.10 bits per heavy atom. The summed E-state index contributed by atoms with van der Waals surface area (Å²) in [5.74, 6) is 0.00217. The minimum absolute atomic E-state index is 0.00217. The van der Waals surface area contributed by atoms with Gasteiger partial charge >= 0.3 is 0 Å². The summed E-state index contributed by atoms with van der Waals surface area (Å²) in [6.45, 7) is 4.15. The Hall–Kier alpha value is -2.09. The molecule has 1 N–H and O–H groups in total. The van der Waals surface area contributed by atoms with Gasteiger partial charge < -0.3 is 5.32 Å². The van der Waals surface area contributed by atoms with Crippen LogP contribution in [-0.4, -0.2) is 11.9 Å². The molecule has 104 valence electrons. The zero-order chi connectivity index (χ0) is 14.4. The average Bonchev–Trinajstić information content (AvgIpc) is 2.46. The standard InChI is InChI=1S/C18H21NO/c1-14-7-6-8-16(13-14)12-11-15(2)19-18(20)17-9-4-3-5-10-17/h3-10,13,15H,11-12H2,1-2H3,(H,19,20). The maximum atomic E-state index is 12.0. The van der Waals surface area contributed by atoms with E-state index in [2.05, 4.69) is 43.4 Å². The van der Waals surface area contributed by atoms with Gasteiger partial charge in [0, 0.05) is 11.6 Å². The van der Waals surface area contributed by atoms with Gasteiger partial charge in [0.2, 0.25) is 0 Å². The molecule has 0 aromatic heterocycles. The van der Waals surface area contributed by atoms with Gasteiger partial charge in [-0.15, -0.1) is 0 Å². The van der Waals surface area contributed by atoms with Gasteiger partial charge in [0.1, 0.15) is 0 Å². The Morgan fingerprint density at radius 2 is 1.85 bits per heavy atom. The van der Waals surface area contributed by atoms with Crippen molar-refractivity contribution in [3.8, 4) is 0 Å². The normalized spacial score (nSPS) is 11.9. The van der Waals surface area contributed by atoms with Crippen molar-refractivity contribution in [3.05, 3.63) is 71.3 Å². The van der Waals surface area contributed by atoms with E-state index in [1.165, 1.54) is 11.1 Å². The molecular weight excluding hydrogens is 246 g/mol. The maximum Gasteiger partial charge on any atom is 0.251 e. The van der Waals surface area contributed by atoms with Crippen LogP contribution in [0, 0.1) is 6.92 Å². The van der Waals surface area contributed by atoms with Crippen LogP contribution in [0.1, 0.15) is 34.8 Å². The molecule has 0 saturated heterocycles. The summed E-state index contributed by atoms with van der Waals surface area (Å²) in [4.78, 5) is 12.0. The summed E-state index contributed by atoms with van der Waals surface area (Å²) in [5.41, 5.74) is 3.32. The molecule has 2 heteroatoms. The Bertz CT molecular complexity index is 563. The summed E-state index contributed by atoms with van der Waals surface area (Å²) in [6, 6.07) is 18.0. The van der Waals surface area contributed by atoms with Crippen molar-refractivity contribution in [2.75, 3.05) is 0 Å². The number of amides is 1. The SMILES string of the molecule is Cc1cccc(CCC(C)NC(=O)c2ccccc2)c1. The number of carbonyl (C=O) groups excluding carboxylic acids is 1. The molecule has 0 saturated carbocycles. The van der Waals surface area contributed by atoms with Crippen LogP contribution in [0.25, 0.3) is 0 Å². The highest BCUT2D eigenvalue weighted by Gasteiger charge is 2.09. The lowest BCUT2D eigenvalue weighted by Crippen LogP contribution is -2.32. The van der Waals surface area contributed by atoms with Gasteiger partial charge in [-0.25, -0.2) is 0 Å². The zero-order valence-electron chi connectivity index (χ0n) is 12.1. The van der Waals surface area contributed by atoms with Crippen molar-refractivity contribution >= 4 is 5.91 Å². The van der Waals surface area contributed by atoms with Gasteiger partial charge in [-0.05, 0) is 44.4 Å². The van der Waals surface area contributed by atoms with Gasteiger partial charge in [0.05, 0.1) is 0 Å².